The van der Waals surface area contributed by atoms with Gasteiger partial charge in [-0.25, -0.2) is 0 Å². The topological polar surface area (TPSA) is 38.7 Å². The van der Waals surface area contributed by atoms with Gasteiger partial charge < -0.3 is 0 Å². The zero-order valence-electron chi connectivity index (χ0n) is 28.9. The standard InChI is InChI=1S/C48H33N3S/c1-29-26-39-34-19-10-9-18-33(34)27-40(39)44(30(29)2)41-28-49-51-50-48(41)46-35(31-14-5-3-6-15-31)21-13-22-38(46)45-36(32-16-7-4-8-17-32)24-25-43-47(45)37-20-11-12-23-42(37)52-43/h3-26,28H,27H2,1-2H3. The van der Waals surface area contributed by atoms with Crippen LogP contribution in [0.5, 0.6) is 0 Å². The van der Waals surface area contributed by atoms with E-state index < -0.39 is 0 Å². The van der Waals surface area contributed by atoms with Crippen LogP contribution in [0.3, 0.4) is 0 Å². The Hall–Kier alpha value is -6.23. The van der Waals surface area contributed by atoms with Crippen molar-refractivity contribution < 1.29 is 0 Å². The van der Waals surface area contributed by atoms with Crippen LogP contribution in [-0.4, -0.2) is 15.4 Å². The Kier molecular flexibility index (Phi) is 7.19. The van der Waals surface area contributed by atoms with Gasteiger partial charge in [0, 0.05) is 31.3 Å². The highest BCUT2D eigenvalue weighted by Gasteiger charge is 2.29. The number of fused-ring (bicyclic) bond motifs is 6. The number of hydrogen-bond acceptors (Lipinski definition) is 4. The third kappa shape index (κ3) is 4.75. The van der Waals surface area contributed by atoms with E-state index in [1.807, 2.05) is 17.5 Å². The number of hydrogen-bond donors (Lipinski definition) is 0. The lowest BCUT2D eigenvalue weighted by Gasteiger charge is -2.22. The molecule has 3 nitrogen and oxygen atoms in total. The minimum Gasteiger partial charge on any atom is -0.138 e. The maximum absolute atomic E-state index is 5.02. The molecule has 0 N–H and O–H groups in total. The minimum absolute atomic E-state index is 0.840. The molecule has 0 fully saturated rings. The van der Waals surface area contributed by atoms with Crippen LogP contribution < -0.4 is 0 Å². The molecule has 0 amide bonds. The quantitative estimate of drug-likeness (QED) is 0.181. The summed E-state index contributed by atoms with van der Waals surface area (Å²) >= 11 is 1.85. The van der Waals surface area contributed by atoms with Crippen LogP contribution in [0, 0.1) is 13.8 Å². The first-order valence-corrected chi connectivity index (χ1v) is 18.6. The lowest BCUT2D eigenvalue weighted by atomic mass is 9.82. The zero-order chi connectivity index (χ0) is 34.8. The van der Waals surface area contributed by atoms with E-state index in [-0.39, 0.29) is 0 Å². The van der Waals surface area contributed by atoms with E-state index in [4.69, 9.17) is 5.10 Å². The summed E-state index contributed by atoms with van der Waals surface area (Å²) in [4.78, 5) is 0. The molecule has 2 heterocycles. The predicted octanol–water partition coefficient (Wildman–Crippen LogP) is 12.8. The Morgan fingerprint density at radius 1 is 0.519 bits per heavy atom. The smallest absolute Gasteiger partial charge is 0.105 e. The van der Waals surface area contributed by atoms with Gasteiger partial charge in [0.15, 0.2) is 0 Å². The van der Waals surface area contributed by atoms with Crippen molar-refractivity contribution in [2.45, 2.75) is 20.3 Å². The van der Waals surface area contributed by atoms with Crippen molar-refractivity contribution in [3.8, 4) is 66.9 Å². The second-order valence-corrected chi connectivity index (χ2v) is 14.8. The fourth-order valence-corrected chi connectivity index (χ4v) is 9.47. The van der Waals surface area contributed by atoms with Crippen LogP contribution in [0.1, 0.15) is 22.3 Å². The Morgan fingerprint density at radius 2 is 1.19 bits per heavy atom. The Morgan fingerprint density at radius 3 is 2.00 bits per heavy atom. The van der Waals surface area contributed by atoms with Gasteiger partial charge in [-0.2, -0.15) is 0 Å². The molecule has 1 aliphatic carbocycles. The summed E-state index contributed by atoms with van der Waals surface area (Å²) in [7, 11) is 0. The molecule has 0 saturated heterocycles. The first-order chi connectivity index (χ1) is 25.7. The highest BCUT2D eigenvalue weighted by Crippen LogP contribution is 2.52. The first-order valence-electron chi connectivity index (χ1n) is 17.7. The van der Waals surface area contributed by atoms with Gasteiger partial charge in [0.25, 0.3) is 0 Å². The molecule has 246 valence electrons. The van der Waals surface area contributed by atoms with Gasteiger partial charge in [-0.15, -0.1) is 21.5 Å². The molecule has 2 aromatic heterocycles. The van der Waals surface area contributed by atoms with Gasteiger partial charge in [0.05, 0.1) is 6.20 Å². The van der Waals surface area contributed by atoms with Crippen molar-refractivity contribution in [1.82, 2.24) is 15.4 Å². The lowest BCUT2D eigenvalue weighted by Crippen LogP contribution is -2.03. The largest absolute Gasteiger partial charge is 0.138 e. The van der Waals surface area contributed by atoms with Crippen molar-refractivity contribution in [2.24, 2.45) is 0 Å². The van der Waals surface area contributed by atoms with E-state index in [9.17, 15) is 0 Å². The molecule has 9 aromatic rings. The van der Waals surface area contributed by atoms with Crippen LogP contribution in [0.25, 0.3) is 87.1 Å². The van der Waals surface area contributed by atoms with Crippen LogP contribution in [0.15, 0.2) is 152 Å². The number of benzene rings is 7. The number of thiophene rings is 1. The average Bonchev–Trinajstić information content (AvgIpc) is 3.77. The first kappa shape index (κ1) is 30.6. The summed E-state index contributed by atoms with van der Waals surface area (Å²) < 4.78 is 2.54. The van der Waals surface area contributed by atoms with Crippen LogP contribution in [0.2, 0.25) is 0 Å². The summed E-state index contributed by atoms with van der Waals surface area (Å²) in [6, 6.07) is 52.7. The third-order valence-corrected chi connectivity index (χ3v) is 12.0. The maximum Gasteiger partial charge on any atom is 0.105 e. The van der Waals surface area contributed by atoms with Crippen molar-refractivity contribution in [1.29, 1.82) is 0 Å². The summed E-state index contributed by atoms with van der Waals surface area (Å²) in [5, 5.41) is 16.4. The fraction of sp³-hybridized carbons (Fsp3) is 0.0625. The molecule has 52 heavy (non-hydrogen) atoms. The SMILES string of the molecule is Cc1cc2c(c(-c3cnnnc3-c3c(-c4ccccc4)cccc3-c3c(-c4ccccc4)ccc4sc5ccccc5c34)c1C)Cc1ccccc1-2. The van der Waals surface area contributed by atoms with Gasteiger partial charge >= 0.3 is 0 Å². The highest BCUT2D eigenvalue weighted by atomic mass is 32.1. The molecular weight excluding hydrogens is 651 g/mol. The molecule has 1 aliphatic rings. The van der Waals surface area contributed by atoms with E-state index in [0.717, 1.165) is 39.9 Å². The molecule has 0 unspecified atom stereocenters. The number of aromatic nitrogens is 3. The maximum atomic E-state index is 5.02. The van der Waals surface area contributed by atoms with Gasteiger partial charge in [-0.3, -0.25) is 0 Å². The summed E-state index contributed by atoms with van der Waals surface area (Å²) in [5.74, 6) is 0. The minimum atomic E-state index is 0.840. The highest BCUT2D eigenvalue weighted by molar-refractivity contribution is 7.26. The van der Waals surface area contributed by atoms with Crippen molar-refractivity contribution in [2.75, 3.05) is 0 Å². The molecule has 0 atom stereocenters. The van der Waals surface area contributed by atoms with Crippen LogP contribution >= 0.6 is 11.3 Å². The average molecular weight is 684 g/mol. The molecule has 10 rings (SSSR count). The summed E-state index contributed by atoms with van der Waals surface area (Å²) in [5.41, 5.74) is 18.9. The Balaban J connectivity index is 1.35. The fourth-order valence-electron chi connectivity index (χ4n) is 8.35. The van der Waals surface area contributed by atoms with Gasteiger partial charge in [0.1, 0.15) is 5.69 Å². The van der Waals surface area contributed by atoms with Crippen LogP contribution in [0.4, 0.5) is 0 Å². The predicted molar refractivity (Wildman–Crippen MR) is 218 cm³/mol. The van der Waals surface area contributed by atoms with E-state index in [0.29, 0.717) is 0 Å². The molecule has 0 spiro atoms. The van der Waals surface area contributed by atoms with E-state index in [1.54, 1.807) is 0 Å². The normalized spacial score (nSPS) is 12.0. The number of nitrogens with zero attached hydrogens (tertiary/aromatic N) is 3. The van der Waals surface area contributed by atoms with Crippen molar-refractivity contribution in [3.05, 3.63) is 174 Å². The van der Waals surface area contributed by atoms with Crippen LogP contribution in [-0.2, 0) is 6.42 Å². The Labute approximate surface area is 306 Å². The summed E-state index contributed by atoms with van der Waals surface area (Å²) in [6.45, 7) is 4.47. The third-order valence-electron chi connectivity index (χ3n) is 10.8. The van der Waals surface area contributed by atoms with E-state index in [1.165, 1.54) is 75.8 Å². The lowest BCUT2D eigenvalue weighted by molar-refractivity contribution is 0.872. The molecule has 0 saturated carbocycles. The second kappa shape index (κ2) is 12.2. The zero-order valence-corrected chi connectivity index (χ0v) is 29.7. The van der Waals surface area contributed by atoms with E-state index >= 15 is 0 Å². The number of rotatable bonds is 5. The molecule has 0 aliphatic heterocycles. The molecule has 4 heteroatoms. The van der Waals surface area contributed by atoms with Gasteiger partial charge in [-0.05, 0) is 110 Å². The van der Waals surface area contributed by atoms with Gasteiger partial charge in [-0.1, -0.05) is 133 Å². The second-order valence-electron chi connectivity index (χ2n) is 13.7. The van der Waals surface area contributed by atoms with Gasteiger partial charge in [0.2, 0.25) is 0 Å². The van der Waals surface area contributed by atoms with Crippen molar-refractivity contribution >= 4 is 31.5 Å². The molecule has 0 bridgehead atoms. The monoisotopic (exact) mass is 683 g/mol. The Bertz CT molecular complexity index is 2840. The van der Waals surface area contributed by atoms with Crippen molar-refractivity contribution in [3.63, 3.8) is 0 Å². The number of aryl methyl sites for hydroxylation is 1. The molecular formula is C48H33N3S. The summed E-state index contributed by atoms with van der Waals surface area (Å²) in [6.07, 6.45) is 2.81. The van der Waals surface area contributed by atoms with E-state index in [2.05, 4.69) is 170 Å². The molecule has 7 aromatic carbocycles. The molecule has 0 radical (unpaired) electrons.